The Labute approximate surface area is 123 Å². The highest BCUT2D eigenvalue weighted by Gasteiger charge is 2.16. The highest BCUT2D eigenvalue weighted by molar-refractivity contribution is 9.10. The van der Waals surface area contributed by atoms with Crippen LogP contribution in [0.1, 0.15) is 11.1 Å². The van der Waals surface area contributed by atoms with Crippen molar-refractivity contribution >= 4 is 27.3 Å². The topological polar surface area (TPSA) is 55.2 Å². The molecule has 2 aromatic rings. The van der Waals surface area contributed by atoms with Crippen molar-refractivity contribution in [1.82, 2.24) is 0 Å². The van der Waals surface area contributed by atoms with Crippen LogP contribution in [0.5, 0.6) is 0 Å². The first-order valence-electron chi connectivity index (χ1n) is 5.90. The smallest absolute Gasteiger partial charge is 0.295 e. The number of rotatable bonds is 4. The number of nitro groups is 1. The van der Waals surface area contributed by atoms with Gasteiger partial charge in [-0.05, 0) is 36.2 Å². The molecule has 1 N–H and O–H groups in total. The monoisotopic (exact) mass is 338 g/mol. The second-order valence-electron chi connectivity index (χ2n) is 4.36. The maximum absolute atomic E-state index is 13.4. The van der Waals surface area contributed by atoms with E-state index in [4.69, 9.17) is 0 Å². The molecule has 0 bridgehead atoms. The van der Waals surface area contributed by atoms with Crippen molar-refractivity contribution in [3.63, 3.8) is 0 Å². The Hall–Kier alpha value is -1.95. The number of nitrogens with one attached hydrogen (secondary N) is 1. The molecule has 0 spiro atoms. The van der Waals surface area contributed by atoms with Gasteiger partial charge in [0.25, 0.3) is 5.69 Å². The predicted molar refractivity (Wildman–Crippen MR) is 79.3 cm³/mol. The van der Waals surface area contributed by atoms with Crippen LogP contribution in [0, 0.1) is 22.9 Å². The molecule has 0 atom stereocenters. The van der Waals surface area contributed by atoms with Gasteiger partial charge in [0.2, 0.25) is 0 Å². The normalized spacial score (nSPS) is 10.3. The lowest BCUT2D eigenvalue weighted by atomic mass is 10.1. The Morgan fingerprint density at radius 3 is 2.75 bits per heavy atom. The molecule has 20 heavy (non-hydrogen) atoms. The fraction of sp³-hybridized carbons (Fsp3) is 0.143. The predicted octanol–water partition coefficient (Wildman–Crippen LogP) is 4.42. The fourth-order valence-corrected chi connectivity index (χ4v) is 2.25. The standard InChI is InChI=1S/C14H12BrFN2O2/c1-9-5-13(14(18(19)20)7-12(9)16)17-8-10-3-2-4-11(15)6-10/h2-7,17H,8H2,1H3. The zero-order valence-corrected chi connectivity index (χ0v) is 12.3. The molecule has 0 radical (unpaired) electrons. The summed E-state index contributed by atoms with van der Waals surface area (Å²) in [6.45, 7) is 1.99. The van der Waals surface area contributed by atoms with Crippen molar-refractivity contribution in [3.8, 4) is 0 Å². The van der Waals surface area contributed by atoms with E-state index in [2.05, 4.69) is 21.2 Å². The number of aryl methyl sites for hydroxylation is 1. The summed E-state index contributed by atoms with van der Waals surface area (Å²) in [5.41, 5.74) is 1.39. The molecule has 0 fully saturated rings. The van der Waals surface area contributed by atoms with Gasteiger partial charge in [-0.2, -0.15) is 0 Å². The van der Waals surface area contributed by atoms with Crippen molar-refractivity contribution in [2.45, 2.75) is 13.5 Å². The van der Waals surface area contributed by atoms with Gasteiger partial charge in [0, 0.05) is 11.0 Å². The maximum atomic E-state index is 13.4. The van der Waals surface area contributed by atoms with Gasteiger partial charge in [0.1, 0.15) is 11.5 Å². The number of hydrogen-bond acceptors (Lipinski definition) is 3. The summed E-state index contributed by atoms with van der Waals surface area (Å²) < 4.78 is 14.3. The minimum Gasteiger partial charge on any atom is -0.375 e. The molecular weight excluding hydrogens is 327 g/mol. The molecule has 2 aromatic carbocycles. The van der Waals surface area contributed by atoms with Gasteiger partial charge in [-0.1, -0.05) is 28.1 Å². The molecule has 0 heterocycles. The molecule has 2 rings (SSSR count). The van der Waals surface area contributed by atoms with Crippen molar-refractivity contribution in [2.75, 3.05) is 5.32 Å². The second kappa shape index (κ2) is 6.00. The minimum absolute atomic E-state index is 0.261. The summed E-state index contributed by atoms with van der Waals surface area (Å²) >= 11 is 3.36. The molecule has 0 saturated heterocycles. The lowest BCUT2D eigenvalue weighted by Gasteiger charge is -2.09. The van der Waals surface area contributed by atoms with Crippen LogP contribution in [-0.4, -0.2) is 4.92 Å². The van der Waals surface area contributed by atoms with Gasteiger partial charge in [-0.25, -0.2) is 4.39 Å². The van der Waals surface area contributed by atoms with E-state index in [1.54, 1.807) is 6.92 Å². The van der Waals surface area contributed by atoms with Crippen LogP contribution in [-0.2, 0) is 6.54 Å². The van der Waals surface area contributed by atoms with Gasteiger partial charge < -0.3 is 5.32 Å². The average Bonchev–Trinajstić information content (AvgIpc) is 2.39. The van der Waals surface area contributed by atoms with E-state index in [1.165, 1.54) is 6.07 Å². The van der Waals surface area contributed by atoms with Gasteiger partial charge in [0.05, 0.1) is 11.0 Å². The first-order valence-corrected chi connectivity index (χ1v) is 6.69. The summed E-state index contributed by atoms with van der Waals surface area (Å²) in [4.78, 5) is 10.4. The van der Waals surface area contributed by atoms with Gasteiger partial charge in [-0.3, -0.25) is 10.1 Å². The Morgan fingerprint density at radius 2 is 2.10 bits per heavy atom. The second-order valence-corrected chi connectivity index (χ2v) is 5.27. The number of hydrogen-bond donors (Lipinski definition) is 1. The SMILES string of the molecule is Cc1cc(NCc2cccc(Br)c2)c([N+](=O)[O-])cc1F. The molecule has 4 nitrogen and oxygen atoms in total. The Kier molecular flexibility index (Phi) is 4.34. The zero-order valence-electron chi connectivity index (χ0n) is 10.7. The van der Waals surface area contributed by atoms with Crippen molar-refractivity contribution in [1.29, 1.82) is 0 Å². The number of benzene rings is 2. The third-order valence-electron chi connectivity index (χ3n) is 2.85. The third-order valence-corrected chi connectivity index (χ3v) is 3.34. The van der Waals surface area contributed by atoms with E-state index in [0.29, 0.717) is 17.8 Å². The van der Waals surface area contributed by atoms with Gasteiger partial charge in [0.15, 0.2) is 0 Å². The van der Waals surface area contributed by atoms with Crippen LogP contribution in [0.2, 0.25) is 0 Å². The molecule has 0 aliphatic carbocycles. The van der Waals surface area contributed by atoms with Crippen LogP contribution in [0.3, 0.4) is 0 Å². The molecule has 6 heteroatoms. The van der Waals surface area contributed by atoms with E-state index < -0.39 is 10.7 Å². The summed E-state index contributed by atoms with van der Waals surface area (Å²) in [5.74, 6) is -0.579. The highest BCUT2D eigenvalue weighted by atomic mass is 79.9. The summed E-state index contributed by atoms with van der Waals surface area (Å²) in [7, 11) is 0. The number of halogens is 2. The minimum atomic E-state index is -0.592. The third kappa shape index (κ3) is 3.33. The molecule has 0 amide bonds. The largest absolute Gasteiger partial charge is 0.375 e. The highest BCUT2D eigenvalue weighted by Crippen LogP contribution is 2.28. The van der Waals surface area contributed by atoms with Gasteiger partial charge in [-0.15, -0.1) is 0 Å². The molecule has 0 saturated carbocycles. The van der Waals surface area contributed by atoms with E-state index in [-0.39, 0.29) is 5.69 Å². The maximum Gasteiger partial charge on any atom is 0.295 e. The first kappa shape index (κ1) is 14.5. The Morgan fingerprint density at radius 1 is 1.35 bits per heavy atom. The quantitative estimate of drug-likeness (QED) is 0.663. The van der Waals surface area contributed by atoms with E-state index in [0.717, 1.165) is 16.1 Å². The molecule has 0 aromatic heterocycles. The molecule has 104 valence electrons. The average molecular weight is 339 g/mol. The van der Waals surface area contributed by atoms with Crippen molar-refractivity contribution < 1.29 is 9.31 Å². The van der Waals surface area contributed by atoms with Crippen molar-refractivity contribution in [3.05, 3.63) is 67.9 Å². The van der Waals surface area contributed by atoms with E-state index in [9.17, 15) is 14.5 Å². The molecular formula is C14H12BrFN2O2. The Bertz CT molecular complexity index is 662. The van der Waals surface area contributed by atoms with Crippen LogP contribution in [0.4, 0.5) is 15.8 Å². The van der Waals surface area contributed by atoms with Crippen LogP contribution < -0.4 is 5.32 Å². The van der Waals surface area contributed by atoms with E-state index in [1.807, 2.05) is 24.3 Å². The summed E-state index contributed by atoms with van der Waals surface area (Å²) in [6.07, 6.45) is 0. The lowest BCUT2D eigenvalue weighted by Crippen LogP contribution is -2.04. The molecule has 0 unspecified atom stereocenters. The fourth-order valence-electron chi connectivity index (χ4n) is 1.81. The summed E-state index contributed by atoms with van der Waals surface area (Å²) in [5, 5.41) is 13.9. The Balaban J connectivity index is 2.24. The molecule has 0 aliphatic rings. The summed E-state index contributed by atoms with van der Waals surface area (Å²) in [6, 6.07) is 9.98. The van der Waals surface area contributed by atoms with Crippen LogP contribution >= 0.6 is 15.9 Å². The first-order chi connectivity index (χ1) is 9.47. The van der Waals surface area contributed by atoms with Crippen molar-refractivity contribution in [2.24, 2.45) is 0 Å². The van der Waals surface area contributed by atoms with E-state index >= 15 is 0 Å². The van der Waals surface area contributed by atoms with Crippen LogP contribution in [0.25, 0.3) is 0 Å². The molecule has 0 aliphatic heterocycles. The van der Waals surface area contributed by atoms with Crippen LogP contribution in [0.15, 0.2) is 40.9 Å². The number of nitro benzene ring substituents is 1. The zero-order chi connectivity index (χ0) is 14.7. The lowest BCUT2D eigenvalue weighted by molar-refractivity contribution is -0.384. The van der Waals surface area contributed by atoms with Gasteiger partial charge >= 0.3 is 0 Å². The number of anilines is 1. The number of nitrogens with zero attached hydrogens (tertiary/aromatic N) is 1.